The predicted octanol–water partition coefficient (Wildman–Crippen LogP) is 2.76. The number of thiazole rings is 1. The predicted molar refractivity (Wildman–Crippen MR) is 74.7 cm³/mol. The van der Waals surface area contributed by atoms with Gasteiger partial charge in [-0.15, -0.1) is 11.3 Å². The normalized spacial score (nSPS) is 10.6. The van der Waals surface area contributed by atoms with Gasteiger partial charge in [-0.1, -0.05) is 17.7 Å². The van der Waals surface area contributed by atoms with Crippen LogP contribution in [0.1, 0.15) is 21.6 Å². The molecule has 3 nitrogen and oxygen atoms in total. The van der Waals surface area contributed by atoms with Crippen molar-refractivity contribution in [1.82, 2.24) is 4.98 Å². The number of aryl methyl sites for hydroxylation is 3. The lowest BCUT2D eigenvalue weighted by molar-refractivity contribution is -0.117. The highest BCUT2D eigenvalue weighted by Gasteiger charge is 2.11. The number of nitrogens with two attached hydrogens (primary N) is 1. The largest absolute Gasteiger partial charge is 0.369 e. The number of hydrogen-bond donors (Lipinski definition) is 1. The summed E-state index contributed by atoms with van der Waals surface area (Å²) in [5, 5.41) is 0.959. The zero-order chi connectivity index (χ0) is 13.3. The van der Waals surface area contributed by atoms with E-state index in [-0.39, 0.29) is 12.3 Å². The average molecular weight is 260 g/mol. The number of nitrogens with zero attached hydrogens (tertiary/aromatic N) is 1. The van der Waals surface area contributed by atoms with E-state index in [1.165, 1.54) is 33.6 Å². The van der Waals surface area contributed by atoms with Crippen molar-refractivity contribution >= 4 is 17.2 Å². The highest BCUT2D eigenvalue weighted by Crippen LogP contribution is 2.31. The molecule has 2 rings (SSSR count). The highest BCUT2D eigenvalue weighted by molar-refractivity contribution is 7.15. The van der Waals surface area contributed by atoms with Crippen molar-refractivity contribution in [2.24, 2.45) is 5.73 Å². The topological polar surface area (TPSA) is 56.0 Å². The Bertz CT molecular complexity index is 579. The molecule has 0 spiro atoms. The van der Waals surface area contributed by atoms with Crippen LogP contribution in [0.2, 0.25) is 0 Å². The van der Waals surface area contributed by atoms with Gasteiger partial charge in [-0.2, -0.15) is 0 Å². The molecule has 18 heavy (non-hydrogen) atoms. The lowest BCUT2D eigenvalue weighted by atomic mass is 10.0. The van der Waals surface area contributed by atoms with Crippen LogP contribution in [-0.4, -0.2) is 10.9 Å². The Morgan fingerprint density at radius 3 is 2.44 bits per heavy atom. The van der Waals surface area contributed by atoms with Crippen LogP contribution in [0.5, 0.6) is 0 Å². The Balaban J connectivity index is 2.43. The zero-order valence-electron chi connectivity index (χ0n) is 10.8. The molecule has 0 saturated carbocycles. The van der Waals surface area contributed by atoms with E-state index >= 15 is 0 Å². The van der Waals surface area contributed by atoms with E-state index in [1.807, 2.05) is 0 Å². The minimum absolute atomic E-state index is 0.265. The summed E-state index contributed by atoms with van der Waals surface area (Å²) in [4.78, 5) is 16.2. The number of carbonyl (C=O) groups is 1. The van der Waals surface area contributed by atoms with Gasteiger partial charge in [0.25, 0.3) is 0 Å². The highest BCUT2D eigenvalue weighted by atomic mass is 32.1. The minimum Gasteiger partial charge on any atom is -0.369 e. The number of rotatable bonds is 3. The van der Waals surface area contributed by atoms with Crippen LogP contribution in [0.4, 0.5) is 0 Å². The van der Waals surface area contributed by atoms with Gasteiger partial charge in [0.15, 0.2) is 0 Å². The van der Waals surface area contributed by atoms with Gasteiger partial charge in [-0.05, 0) is 31.9 Å². The summed E-state index contributed by atoms with van der Waals surface area (Å²) in [6, 6.07) is 4.30. The second-order valence-electron chi connectivity index (χ2n) is 4.55. The molecule has 0 radical (unpaired) electrons. The van der Waals surface area contributed by atoms with Gasteiger partial charge in [-0.25, -0.2) is 4.98 Å². The summed E-state index contributed by atoms with van der Waals surface area (Å²) in [6.07, 6.45) is 2.01. The van der Waals surface area contributed by atoms with E-state index in [9.17, 15) is 4.79 Å². The molecule has 0 atom stereocenters. The van der Waals surface area contributed by atoms with Crippen molar-refractivity contribution in [1.29, 1.82) is 0 Å². The molecule has 1 amide bonds. The monoisotopic (exact) mass is 260 g/mol. The summed E-state index contributed by atoms with van der Waals surface area (Å²) in [7, 11) is 0. The molecule has 4 heteroatoms. The molecule has 0 aliphatic heterocycles. The standard InChI is InChI=1S/C14H16N2OS/c1-8-4-9(2)13(10(3)5-8)14-16-7-11(18-14)6-12(15)17/h4-5,7H,6H2,1-3H3,(H2,15,17). The van der Waals surface area contributed by atoms with Crippen LogP contribution in [-0.2, 0) is 11.2 Å². The molecule has 0 unspecified atom stereocenters. The molecule has 1 heterocycles. The van der Waals surface area contributed by atoms with Gasteiger partial charge < -0.3 is 5.73 Å². The van der Waals surface area contributed by atoms with E-state index in [4.69, 9.17) is 5.73 Å². The van der Waals surface area contributed by atoms with Gasteiger partial charge in [0.1, 0.15) is 5.01 Å². The third-order valence-corrected chi connectivity index (χ3v) is 3.81. The van der Waals surface area contributed by atoms with Crippen LogP contribution in [0.3, 0.4) is 0 Å². The molecule has 2 aromatic rings. The van der Waals surface area contributed by atoms with E-state index in [0.29, 0.717) is 0 Å². The molecule has 94 valence electrons. The first kappa shape index (κ1) is 12.8. The zero-order valence-corrected chi connectivity index (χ0v) is 11.6. The van der Waals surface area contributed by atoms with Crippen molar-refractivity contribution in [3.63, 3.8) is 0 Å². The van der Waals surface area contributed by atoms with Crippen molar-refractivity contribution in [3.05, 3.63) is 39.9 Å². The van der Waals surface area contributed by atoms with Crippen molar-refractivity contribution in [3.8, 4) is 10.6 Å². The molecule has 2 N–H and O–H groups in total. The third-order valence-electron chi connectivity index (χ3n) is 2.79. The Kier molecular flexibility index (Phi) is 3.48. The summed E-state index contributed by atoms with van der Waals surface area (Å²) in [5.74, 6) is -0.317. The number of amides is 1. The van der Waals surface area contributed by atoms with E-state index in [2.05, 4.69) is 37.9 Å². The van der Waals surface area contributed by atoms with Crippen LogP contribution in [0, 0.1) is 20.8 Å². The summed E-state index contributed by atoms with van der Waals surface area (Å²) in [5.41, 5.74) is 10.0. The molecule has 0 saturated heterocycles. The first-order valence-electron chi connectivity index (χ1n) is 5.78. The number of hydrogen-bond acceptors (Lipinski definition) is 3. The quantitative estimate of drug-likeness (QED) is 0.922. The Morgan fingerprint density at radius 1 is 1.28 bits per heavy atom. The number of aromatic nitrogens is 1. The second-order valence-corrected chi connectivity index (χ2v) is 5.66. The summed E-state index contributed by atoms with van der Waals surface area (Å²) >= 11 is 1.54. The molecule has 0 bridgehead atoms. The van der Waals surface area contributed by atoms with Crippen molar-refractivity contribution in [2.75, 3.05) is 0 Å². The molecule has 1 aromatic carbocycles. The lowest BCUT2D eigenvalue weighted by Crippen LogP contribution is -2.12. The fourth-order valence-corrected chi connectivity index (χ4v) is 3.29. The third kappa shape index (κ3) is 2.59. The maximum absolute atomic E-state index is 10.9. The van der Waals surface area contributed by atoms with E-state index in [1.54, 1.807) is 6.20 Å². The van der Waals surface area contributed by atoms with Crippen molar-refractivity contribution in [2.45, 2.75) is 27.2 Å². The summed E-state index contributed by atoms with van der Waals surface area (Å²) in [6.45, 7) is 6.26. The fourth-order valence-electron chi connectivity index (χ4n) is 2.19. The van der Waals surface area contributed by atoms with E-state index in [0.717, 1.165) is 9.88 Å². The Morgan fingerprint density at radius 2 is 1.89 bits per heavy atom. The first-order chi connectivity index (χ1) is 8.47. The molecular weight excluding hydrogens is 244 g/mol. The fraction of sp³-hybridized carbons (Fsp3) is 0.286. The Hall–Kier alpha value is -1.68. The molecule has 1 aromatic heterocycles. The smallest absolute Gasteiger partial charge is 0.222 e. The van der Waals surface area contributed by atoms with Gasteiger partial charge in [-0.3, -0.25) is 4.79 Å². The second kappa shape index (κ2) is 4.90. The molecule has 0 fully saturated rings. The molecule has 0 aliphatic rings. The average Bonchev–Trinajstić information content (AvgIpc) is 2.63. The van der Waals surface area contributed by atoms with Crippen LogP contribution in [0.25, 0.3) is 10.6 Å². The number of benzene rings is 1. The Labute approximate surface area is 111 Å². The maximum atomic E-state index is 10.9. The van der Waals surface area contributed by atoms with Gasteiger partial charge >= 0.3 is 0 Å². The summed E-state index contributed by atoms with van der Waals surface area (Å²) < 4.78 is 0. The van der Waals surface area contributed by atoms with E-state index < -0.39 is 0 Å². The maximum Gasteiger partial charge on any atom is 0.222 e. The van der Waals surface area contributed by atoms with Crippen LogP contribution in [0.15, 0.2) is 18.3 Å². The number of carbonyl (C=O) groups excluding carboxylic acids is 1. The first-order valence-corrected chi connectivity index (χ1v) is 6.60. The van der Waals surface area contributed by atoms with Crippen LogP contribution < -0.4 is 5.73 Å². The van der Waals surface area contributed by atoms with Gasteiger partial charge in [0.2, 0.25) is 5.91 Å². The van der Waals surface area contributed by atoms with Crippen LogP contribution >= 0.6 is 11.3 Å². The molecular formula is C14H16N2OS. The van der Waals surface area contributed by atoms with Gasteiger partial charge in [0.05, 0.1) is 6.42 Å². The number of primary amides is 1. The lowest BCUT2D eigenvalue weighted by Gasteiger charge is -2.08. The molecule has 0 aliphatic carbocycles. The minimum atomic E-state index is -0.317. The van der Waals surface area contributed by atoms with Gasteiger partial charge in [0, 0.05) is 16.6 Å². The van der Waals surface area contributed by atoms with Crippen molar-refractivity contribution < 1.29 is 4.79 Å². The SMILES string of the molecule is Cc1cc(C)c(-c2ncc(CC(N)=O)s2)c(C)c1.